The summed E-state index contributed by atoms with van der Waals surface area (Å²) in [5.41, 5.74) is 6.78. The topological polar surface area (TPSA) is 51.4 Å². The first-order chi connectivity index (χ1) is 9.22. The fourth-order valence-corrected chi connectivity index (χ4v) is 3.64. The van der Waals surface area contributed by atoms with Crippen LogP contribution in [0, 0.1) is 5.92 Å². The van der Waals surface area contributed by atoms with Crippen LogP contribution in [0.3, 0.4) is 0 Å². The number of hydrogen-bond donors (Lipinski definition) is 1. The summed E-state index contributed by atoms with van der Waals surface area (Å²) in [6.07, 6.45) is 3.75. The molecule has 0 aliphatic carbocycles. The summed E-state index contributed by atoms with van der Waals surface area (Å²) in [5, 5.41) is 1.20. The van der Waals surface area contributed by atoms with E-state index in [-0.39, 0.29) is 0 Å². The highest BCUT2D eigenvalue weighted by Gasteiger charge is 2.17. The van der Waals surface area contributed by atoms with Gasteiger partial charge in [-0.25, -0.2) is 4.98 Å². The molecule has 108 valence electrons. The summed E-state index contributed by atoms with van der Waals surface area (Å²) in [6.45, 7) is 7.08. The number of piperidine rings is 1. The highest BCUT2D eigenvalue weighted by molar-refractivity contribution is 7.11. The number of likely N-dealkylation sites (tertiary alicyclic amines) is 1. The van der Waals surface area contributed by atoms with E-state index >= 15 is 0 Å². The normalized spacial score (nSPS) is 20.9. The van der Waals surface area contributed by atoms with Crippen molar-refractivity contribution in [1.29, 1.82) is 0 Å². The van der Waals surface area contributed by atoms with Crippen molar-refractivity contribution in [1.82, 2.24) is 9.88 Å². The summed E-state index contributed by atoms with van der Waals surface area (Å²) in [7, 11) is 1.70. The number of aromatic nitrogens is 1. The van der Waals surface area contributed by atoms with Gasteiger partial charge in [0, 0.05) is 38.0 Å². The Morgan fingerprint density at radius 2 is 2.37 bits per heavy atom. The van der Waals surface area contributed by atoms with Crippen LogP contribution in [0.4, 0.5) is 0 Å². The average molecular weight is 283 g/mol. The highest BCUT2D eigenvalue weighted by Crippen LogP contribution is 2.21. The molecule has 2 N–H and O–H groups in total. The molecule has 0 radical (unpaired) electrons. The Bertz CT molecular complexity index is 394. The number of hydrogen-bond acceptors (Lipinski definition) is 5. The van der Waals surface area contributed by atoms with Crippen molar-refractivity contribution < 1.29 is 4.74 Å². The second-order valence-electron chi connectivity index (χ2n) is 5.41. The zero-order valence-corrected chi connectivity index (χ0v) is 12.8. The molecule has 1 aliphatic heterocycles. The molecular weight excluding hydrogens is 258 g/mol. The maximum Gasteiger partial charge on any atom is 0.0945 e. The third-order valence-electron chi connectivity index (χ3n) is 3.67. The Balaban J connectivity index is 1.88. The lowest BCUT2D eigenvalue weighted by Gasteiger charge is -2.30. The van der Waals surface area contributed by atoms with Gasteiger partial charge in [-0.05, 0) is 25.3 Å². The van der Waals surface area contributed by atoms with Crippen LogP contribution in [0.2, 0.25) is 0 Å². The number of ether oxygens (including phenoxy) is 1. The van der Waals surface area contributed by atoms with Gasteiger partial charge >= 0.3 is 0 Å². The molecule has 0 aromatic carbocycles. The summed E-state index contributed by atoms with van der Waals surface area (Å²) >= 11 is 1.75. The van der Waals surface area contributed by atoms with E-state index < -0.39 is 0 Å². The first-order valence-electron chi connectivity index (χ1n) is 7.11. The number of nitrogens with zero attached hydrogens (tertiary/aromatic N) is 2. The highest BCUT2D eigenvalue weighted by atomic mass is 32.1. The molecule has 4 nitrogen and oxygen atoms in total. The van der Waals surface area contributed by atoms with Crippen LogP contribution in [0.25, 0.3) is 0 Å². The Hall–Kier alpha value is -0.490. The standard InChI is InChI=1S/C14H25N3OS/c1-11-4-3-6-17(9-11)7-5-14-16-12(10-18-2)13(8-15)19-14/h11H,3-10,15H2,1-2H3. The molecule has 1 unspecified atom stereocenters. The van der Waals surface area contributed by atoms with E-state index in [9.17, 15) is 0 Å². The Kier molecular flexibility index (Phi) is 5.76. The smallest absolute Gasteiger partial charge is 0.0945 e. The van der Waals surface area contributed by atoms with Crippen LogP contribution in [0.15, 0.2) is 0 Å². The van der Waals surface area contributed by atoms with Crippen LogP contribution in [-0.2, 0) is 24.3 Å². The van der Waals surface area contributed by atoms with Crippen LogP contribution in [0.1, 0.15) is 35.3 Å². The minimum Gasteiger partial charge on any atom is -0.378 e. The SMILES string of the molecule is COCc1nc(CCN2CCCC(C)C2)sc1CN. The van der Waals surface area contributed by atoms with Crippen molar-refractivity contribution in [2.45, 2.75) is 39.3 Å². The molecule has 2 heterocycles. The molecule has 0 bridgehead atoms. The number of nitrogens with two attached hydrogens (primary N) is 1. The zero-order chi connectivity index (χ0) is 13.7. The fraction of sp³-hybridized carbons (Fsp3) is 0.786. The van der Waals surface area contributed by atoms with Gasteiger partial charge in [-0.1, -0.05) is 6.92 Å². The van der Waals surface area contributed by atoms with Crippen molar-refractivity contribution in [2.75, 3.05) is 26.7 Å². The Morgan fingerprint density at radius 3 is 3.05 bits per heavy atom. The molecule has 1 atom stereocenters. The lowest BCUT2D eigenvalue weighted by molar-refractivity contribution is 0.180. The van der Waals surface area contributed by atoms with Crippen molar-refractivity contribution in [3.8, 4) is 0 Å². The van der Waals surface area contributed by atoms with Gasteiger partial charge in [0.1, 0.15) is 0 Å². The molecule has 1 fully saturated rings. The first-order valence-corrected chi connectivity index (χ1v) is 7.93. The molecule has 0 saturated carbocycles. The maximum absolute atomic E-state index is 5.76. The van der Waals surface area contributed by atoms with Gasteiger partial charge in [-0.15, -0.1) is 11.3 Å². The van der Waals surface area contributed by atoms with Gasteiger partial charge in [0.25, 0.3) is 0 Å². The minimum atomic E-state index is 0.567. The first kappa shape index (κ1) is 14.9. The lowest BCUT2D eigenvalue weighted by Crippen LogP contribution is -2.35. The summed E-state index contributed by atoms with van der Waals surface area (Å²) in [4.78, 5) is 8.39. The molecule has 1 aromatic rings. The zero-order valence-electron chi connectivity index (χ0n) is 12.0. The number of thiazole rings is 1. The predicted octanol–water partition coefficient (Wildman–Crippen LogP) is 2.02. The second kappa shape index (κ2) is 7.33. The molecular formula is C14H25N3OS. The van der Waals surface area contributed by atoms with Gasteiger partial charge in [-0.3, -0.25) is 0 Å². The van der Waals surface area contributed by atoms with Crippen LogP contribution >= 0.6 is 11.3 Å². The molecule has 0 amide bonds. The van der Waals surface area contributed by atoms with Crippen molar-refractivity contribution in [3.05, 3.63) is 15.6 Å². The second-order valence-corrected chi connectivity index (χ2v) is 6.58. The molecule has 19 heavy (non-hydrogen) atoms. The third-order valence-corrected chi connectivity index (χ3v) is 4.85. The van der Waals surface area contributed by atoms with E-state index in [1.54, 1.807) is 18.4 Å². The molecule has 1 aliphatic rings. The lowest BCUT2D eigenvalue weighted by atomic mass is 10.0. The van der Waals surface area contributed by atoms with Gasteiger partial charge in [0.2, 0.25) is 0 Å². The van der Waals surface area contributed by atoms with Crippen LogP contribution in [-0.4, -0.2) is 36.6 Å². The van der Waals surface area contributed by atoms with E-state index in [0.717, 1.165) is 24.6 Å². The van der Waals surface area contributed by atoms with E-state index in [2.05, 4.69) is 16.8 Å². The number of methoxy groups -OCH3 is 1. The number of rotatable bonds is 6. The van der Waals surface area contributed by atoms with Gasteiger partial charge in [0.15, 0.2) is 0 Å². The summed E-state index contributed by atoms with van der Waals surface area (Å²) in [5.74, 6) is 0.841. The molecule has 1 aromatic heterocycles. The largest absolute Gasteiger partial charge is 0.378 e. The van der Waals surface area contributed by atoms with Gasteiger partial charge < -0.3 is 15.4 Å². The van der Waals surface area contributed by atoms with Crippen LogP contribution < -0.4 is 5.73 Å². The van der Waals surface area contributed by atoms with Crippen molar-refractivity contribution in [3.63, 3.8) is 0 Å². The molecule has 2 rings (SSSR count). The Labute approximate surface area is 120 Å². The quantitative estimate of drug-likeness (QED) is 0.868. The van der Waals surface area contributed by atoms with E-state index in [0.29, 0.717) is 13.2 Å². The van der Waals surface area contributed by atoms with Gasteiger partial charge in [0.05, 0.1) is 17.3 Å². The predicted molar refractivity (Wildman–Crippen MR) is 79.3 cm³/mol. The van der Waals surface area contributed by atoms with Crippen LogP contribution in [0.5, 0.6) is 0 Å². The molecule has 5 heteroatoms. The monoisotopic (exact) mass is 283 g/mol. The van der Waals surface area contributed by atoms with Gasteiger partial charge in [-0.2, -0.15) is 0 Å². The van der Waals surface area contributed by atoms with E-state index in [1.807, 2.05) is 0 Å². The summed E-state index contributed by atoms with van der Waals surface area (Å²) < 4.78 is 5.17. The maximum atomic E-state index is 5.76. The fourth-order valence-electron chi connectivity index (χ4n) is 2.70. The van der Waals surface area contributed by atoms with Crippen molar-refractivity contribution in [2.24, 2.45) is 11.7 Å². The molecule has 0 spiro atoms. The minimum absolute atomic E-state index is 0.567. The van der Waals surface area contributed by atoms with E-state index in [1.165, 1.54) is 35.8 Å². The Morgan fingerprint density at radius 1 is 1.53 bits per heavy atom. The average Bonchev–Trinajstić information content (AvgIpc) is 2.79. The molecule has 1 saturated heterocycles. The third kappa shape index (κ3) is 4.24. The van der Waals surface area contributed by atoms with E-state index in [4.69, 9.17) is 10.5 Å². The summed E-state index contributed by atoms with van der Waals surface area (Å²) in [6, 6.07) is 0. The van der Waals surface area contributed by atoms with Crippen molar-refractivity contribution >= 4 is 11.3 Å².